The van der Waals surface area contributed by atoms with Gasteiger partial charge in [-0.2, -0.15) is 0 Å². The van der Waals surface area contributed by atoms with Crippen LogP contribution in [0.25, 0.3) is 0 Å². The SMILES string of the molecule is CNC(=O)c1cc(S(=O)(=O)NC2CCNC2)cn1C. The van der Waals surface area contributed by atoms with Crippen LogP contribution in [0.5, 0.6) is 0 Å². The van der Waals surface area contributed by atoms with E-state index in [-0.39, 0.29) is 16.8 Å². The van der Waals surface area contributed by atoms with Crippen LogP contribution in [0.2, 0.25) is 0 Å². The van der Waals surface area contributed by atoms with Crippen molar-refractivity contribution in [2.24, 2.45) is 7.05 Å². The number of aryl methyl sites for hydroxylation is 1. The van der Waals surface area contributed by atoms with Gasteiger partial charge in [-0.1, -0.05) is 0 Å². The molecule has 3 N–H and O–H groups in total. The van der Waals surface area contributed by atoms with E-state index < -0.39 is 10.0 Å². The smallest absolute Gasteiger partial charge is 0.267 e. The van der Waals surface area contributed by atoms with Crippen LogP contribution in [0.4, 0.5) is 0 Å². The number of hydrogen-bond donors (Lipinski definition) is 3. The van der Waals surface area contributed by atoms with Crippen molar-refractivity contribution in [1.82, 2.24) is 19.9 Å². The summed E-state index contributed by atoms with van der Waals surface area (Å²) in [5.41, 5.74) is 0.312. The van der Waals surface area contributed by atoms with Crippen LogP contribution in [0.1, 0.15) is 16.9 Å². The van der Waals surface area contributed by atoms with Crippen LogP contribution < -0.4 is 15.4 Å². The molecule has 19 heavy (non-hydrogen) atoms. The number of hydrogen-bond acceptors (Lipinski definition) is 4. The third kappa shape index (κ3) is 2.96. The van der Waals surface area contributed by atoms with Gasteiger partial charge in [0.15, 0.2) is 0 Å². The monoisotopic (exact) mass is 286 g/mol. The third-order valence-electron chi connectivity index (χ3n) is 3.13. The minimum Gasteiger partial charge on any atom is -0.354 e. The molecule has 8 heteroatoms. The number of amides is 1. The topological polar surface area (TPSA) is 92.2 Å². The maximum atomic E-state index is 12.2. The van der Waals surface area contributed by atoms with Gasteiger partial charge in [-0.05, 0) is 19.0 Å². The zero-order valence-electron chi connectivity index (χ0n) is 10.9. The molecule has 0 aliphatic carbocycles. The molecule has 0 radical (unpaired) electrons. The molecule has 1 saturated heterocycles. The van der Waals surface area contributed by atoms with Gasteiger partial charge in [-0.15, -0.1) is 0 Å². The summed E-state index contributed by atoms with van der Waals surface area (Å²) in [6.45, 7) is 1.44. The van der Waals surface area contributed by atoms with Crippen molar-refractivity contribution in [3.63, 3.8) is 0 Å². The van der Waals surface area contributed by atoms with Crippen molar-refractivity contribution < 1.29 is 13.2 Å². The highest BCUT2D eigenvalue weighted by atomic mass is 32.2. The van der Waals surface area contributed by atoms with Crippen LogP contribution in [-0.4, -0.2) is 45.1 Å². The highest BCUT2D eigenvalue weighted by molar-refractivity contribution is 7.89. The molecule has 0 saturated carbocycles. The van der Waals surface area contributed by atoms with E-state index in [0.717, 1.165) is 13.0 Å². The summed E-state index contributed by atoms with van der Waals surface area (Å²) >= 11 is 0. The van der Waals surface area contributed by atoms with Crippen molar-refractivity contribution >= 4 is 15.9 Å². The molecule has 1 aliphatic heterocycles. The first-order valence-corrected chi connectivity index (χ1v) is 7.54. The van der Waals surface area contributed by atoms with Gasteiger partial charge in [0, 0.05) is 32.9 Å². The number of rotatable bonds is 4. The molecule has 2 heterocycles. The van der Waals surface area contributed by atoms with Crippen LogP contribution >= 0.6 is 0 Å². The summed E-state index contributed by atoms with van der Waals surface area (Å²) in [6, 6.07) is 1.29. The zero-order valence-corrected chi connectivity index (χ0v) is 11.8. The molecule has 1 fully saturated rings. The Hall–Kier alpha value is -1.38. The summed E-state index contributed by atoms with van der Waals surface area (Å²) in [5, 5.41) is 5.57. The van der Waals surface area contributed by atoms with Crippen LogP contribution in [0.15, 0.2) is 17.2 Å². The molecule has 1 aromatic heterocycles. The van der Waals surface area contributed by atoms with E-state index >= 15 is 0 Å². The molecule has 7 nitrogen and oxygen atoms in total. The average Bonchev–Trinajstić information content (AvgIpc) is 2.97. The van der Waals surface area contributed by atoms with E-state index in [1.54, 1.807) is 7.05 Å². The van der Waals surface area contributed by atoms with Crippen LogP contribution in [0.3, 0.4) is 0 Å². The Kier molecular flexibility index (Phi) is 3.93. The molecule has 1 amide bonds. The van der Waals surface area contributed by atoms with Crippen molar-refractivity contribution in [3.05, 3.63) is 18.0 Å². The first kappa shape index (κ1) is 14.0. The lowest BCUT2D eigenvalue weighted by Gasteiger charge is -2.10. The van der Waals surface area contributed by atoms with Gasteiger partial charge in [0.1, 0.15) is 10.6 Å². The quantitative estimate of drug-likeness (QED) is 0.664. The predicted octanol–water partition coefficient (Wildman–Crippen LogP) is -0.975. The molecule has 2 rings (SSSR count). The first-order valence-electron chi connectivity index (χ1n) is 6.05. The highest BCUT2D eigenvalue weighted by Gasteiger charge is 2.25. The maximum absolute atomic E-state index is 12.2. The second-order valence-electron chi connectivity index (χ2n) is 4.56. The first-order chi connectivity index (χ1) is 8.94. The van der Waals surface area contributed by atoms with Gasteiger partial charge in [0.05, 0.1) is 0 Å². The Morgan fingerprint density at radius 1 is 1.53 bits per heavy atom. The lowest BCUT2D eigenvalue weighted by atomic mass is 10.3. The Morgan fingerprint density at radius 3 is 2.84 bits per heavy atom. The van der Waals surface area contributed by atoms with Gasteiger partial charge in [-0.25, -0.2) is 13.1 Å². The molecule has 1 aromatic rings. The molecule has 106 valence electrons. The minimum absolute atomic E-state index is 0.0892. The Balaban J connectivity index is 2.23. The molecular weight excluding hydrogens is 268 g/mol. The summed E-state index contributed by atoms with van der Waals surface area (Å²) < 4.78 is 28.5. The number of sulfonamides is 1. The lowest BCUT2D eigenvalue weighted by Crippen LogP contribution is -2.36. The fourth-order valence-electron chi connectivity index (χ4n) is 2.08. The van der Waals surface area contributed by atoms with E-state index in [2.05, 4.69) is 15.4 Å². The van der Waals surface area contributed by atoms with Crippen molar-refractivity contribution in [1.29, 1.82) is 0 Å². The minimum atomic E-state index is -3.58. The van der Waals surface area contributed by atoms with E-state index in [4.69, 9.17) is 0 Å². The van der Waals surface area contributed by atoms with E-state index in [0.29, 0.717) is 12.2 Å². The molecule has 0 spiro atoms. The van der Waals surface area contributed by atoms with Crippen molar-refractivity contribution in [3.8, 4) is 0 Å². The summed E-state index contributed by atoms with van der Waals surface area (Å²) in [5.74, 6) is -0.313. The fourth-order valence-corrected chi connectivity index (χ4v) is 3.42. The van der Waals surface area contributed by atoms with Gasteiger partial charge in [0.2, 0.25) is 10.0 Å². The average molecular weight is 286 g/mol. The lowest BCUT2D eigenvalue weighted by molar-refractivity contribution is 0.0955. The standard InChI is InChI=1S/C11H18N4O3S/c1-12-11(16)10-5-9(7-15(10)2)19(17,18)14-8-3-4-13-6-8/h5,7-8,13-14H,3-4,6H2,1-2H3,(H,12,16). The second-order valence-corrected chi connectivity index (χ2v) is 6.28. The van der Waals surface area contributed by atoms with Crippen molar-refractivity contribution in [2.45, 2.75) is 17.4 Å². The Labute approximate surface area is 112 Å². The van der Waals surface area contributed by atoms with Gasteiger partial charge in [-0.3, -0.25) is 4.79 Å². The number of carbonyl (C=O) groups excluding carboxylic acids is 1. The van der Waals surface area contributed by atoms with Crippen molar-refractivity contribution in [2.75, 3.05) is 20.1 Å². The largest absolute Gasteiger partial charge is 0.354 e. The fraction of sp³-hybridized carbons (Fsp3) is 0.545. The molecule has 1 aliphatic rings. The number of nitrogens with zero attached hydrogens (tertiary/aromatic N) is 1. The van der Waals surface area contributed by atoms with Crippen LogP contribution in [0, 0.1) is 0 Å². The summed E-state index contributed by atoms with van der Waals surface area (Å²) in [4.78, 5) is 11.7. The molecular formula is C11H18N4O3S. The zero-order chi connectivity index (χ0) is 14.0. The Morgan fingerprint density at radius 2 is 2.26 bits per heavy atom. The second kappa shape index (κ2) is 5.32. The molecule has 1 unspecified atom stereocenters. The summed E-state index contributed by atoms with van der Waals surface area (Å²) in [7, 11) is -0.432. The van der Waals surface area contributed by atoms with Gasteiger partial charge in [0.25, 0.3) is 5.91 Å². The summed E-state index contributed by atoms with van der Waals surface area (Å²) in [6.07, 6.45) is 2.21. The molecule has 1 atom stereocenters. The van der Waals surface area contributed by atoms with E-state index in [9.17, 15) is 13.2 Å². The maximum Gasteiger partial charge on any atom is 0.267 e. The van der Waals surface area contributed by atoms with Crippen LogP contribution in [-0.2, 0) is 17.1 Å². The normalized spacial score (nSPS) is 19.6. The van der Waals surface area contributed by atoms with E-state index in [1.807, 2.05) is 0 Å². The Bertz CT molecular complexity index is 573. The number of carbonyl (C=O) groups is 1. The van der Waals surface area contributed by atoms with E-state index in [1.165, 1.54) is 23.9 Å². The number of nitrogens with one attached hydrogen (secondary N) is 3. The number of aromatic nitrogens is 1. The molecule has 0 aromatic carbocycles. The highest BCUT2D eigenvalue weighted by Crippen LogP contribution is 2.14. The van der Waals surface area contributed by atoms with Gasteiger partial charge < -0.3 is 15.2 Å². The van der Waals surface area contributed by atoms with Gasteiger partial charge >= 0.3 is 0 Å². The molecule has 0 bridgehead atoms. The third-order valence-corrected chi connectivity index (χ3v) is 4.62. The predicted molar refractivity (Wildman–Crippen MR) is 70.4 cm³/mol.